The number of alkyl halides is 3. The summed E-state index contributed by atoms with van der Waals surface area (Å²) in [5.41, 5.74) is 0. The molecular formula is C10H19Br3O2. The summed E-state index contributed by atoms with van der Waals surface area (Å²) in [7, 11) is 0. The number of hydrogen-bond donors (Lipinski definition) is 2. The molecule has 0 aliphatic carbocycles. The van der Waals surface area contributed by atoms with Crippen LogP contribution in [-0.2, 0) is 0 Å². The van der Waals surface area contributed by atoms with Gasteiger partial charge in [-0.15, -0.1) is 0 Å². The van der Waals surface area contributed by atoms with Crippen molar-refractivity contribution in [3.05, 3.63) is 0 Å². The predicted octanol–water partition coefficient (Wildman–Crippen LogP) is 4.26. The van der Waals surface area contributed by atoms with Crippen LogP contribution in [0.1, 0.15) is 51.9 Å². The van der Waals surface area contributed by atoms with Crippen molar-refractivity contribution < 1.29 is 10.2 Å². The zero-order valence-corrected chi connectivity index (χ0v) is 13.7. The molecule has 0 amide bonds. The van der Waals surface area contributed by atoms with Crippen LogP contribution in [0.4, 0.5) is 0 Å². The molecule has 0 unspecified atom stereocenters. The van der Waals surface area contributed by atoms with Gasteiger partial charge in [-0.1, -0.05) is 77.3 Å². The Balaban J connectivity index is 3.58. The third kappa shape index (κ3) is 7.31. The van der Waals surface area contributed by atoms with Crippen molar-refractivity contribution in [1.29, 1.82) is 0 Å². The minimum Gasteiger partial charge on any atom is -0.355 e. The Labute approximate surface area is 117 Å². The fourth-order valence-corrected chi connectivity index (χ4v) is 2.05. The summed E-state index contributed by atoms with van der Waals surface area (Å²) in [6.07, 6.45) is 7.78. The van der Waals surface area contributed by atoms with Crippen molar-refractivity contribution >= 4 is 47.8 Å². The lowest BCUT2D eigenvalue weighted by molar-refractivity contribution is -0.0750. The molecule has 0 radical (unpaired) electrons. The van der Waals surface area contributed by atoms with Crippen LogP contribution in [0.3, 0.4) is 0 Å². The minimum atomic E-state index is -1.91. The molecule has 92 valence electrons. The monoisotopic (exact) mass is 408 g/mol. The van der Waals surface area contributed by atoms with Crippen LogP contribution in [0, 0.1) is 0 Å². The first-order valence-corrected chi connectivity index (χ1v) is 7.70. The SMILES string of the molecule is CCCCCCCCC(Br)(Br)C(O)(O)Br. The summed E-state index contributed by atoms with van der Waals surface area (Å²) in [5.74, 6) is 0. The molecule has 5 heteroatoms. The van der Waals surface area contributed by atoms with E-state index in [1.807, 2.05) is 0 Å². The van der Waals surface area contributed by atoms with Gasteiger partial charge < -0.3 is 10.2 Å². The molecule has 15 heavy (non-hydrogen) atoms. The van der Waals surface area contributed by atoms with Crippen molar-refractivity contribution in [3.8, 4) is 0 Å². The highest BCUT2D eigenvalue weighted by Gasteiger charge is 2.43. The number of rotatable bonds is 8. The van der Waals surface area contributed by atoms with Gasteiger partial charge in [-0.2, -0.15) is 0 Å². The van der Waals surface area contributed by atoms with Crippen LogP contribution in [0.2, 0.25) is 0 Å². The second-order valence-corrected chi connectivity index (χ2v) is 8.69. The molecule has 0 aromatic rings. The van der Waals surface area contributed by atoms with E-state index in [1.54, 1.807) is 0 Å². The lowest BCUT2D eigenvalue weighted by atomic mass is 10.1. The minimum absolute atomic E-state index is 0.664. The highest BCUT2D eigenvalue weighted by molar-refractivity contribution is 9.26. The van der Waals surface area contributed by atoms with Gasteiger partial charge in [0.15, 0.2) is 0 Å². The van der Waals surface area contributed by atoms with Crippen LogP contribution in [0.25, 0.3) is 0 Å². The van der Waals surface area contributed by atoms with Crippen LogP contribution in [0.15, 0.2) is 0 Å². The summed E-state index contributed by atoms with van der Waals surface area (Å²) >= 11 is 9.32. The van der Waals surface area contributed by atoms with Crippen molar-refractivity contribution in [2.75, 3.05) is 0 Å². The lowest BCUT2D eigenvalue weighted by Crippen LogP contribution is -2.39. The molecular weight excluding hydrogens is 392 g/mol. The van der Waals surface area contributed by atoms with Crippen molar-refractivity contribution in [3.63, 3.8) is 0 Å². The fraction of sp³-hybridized carbons (Fsp3) is 1.00. The zero-order chi connectivity index (χ0) is 11.9. The largest absolute Gasteiger partial charge is 0.355 e. The molecule has 0 fully saturated rings. The standard InChI is InChI=1S/C10H19Br3O2/c1-2-3-4-5-6-7-8-9(11,12)10(13,14)15/h14-15H,2-8H2,1H3. The third-order valence-electron chi connectivity index (χ3n) is 2.31. The molecule has 0 atom stereocenters. The Morgan fingerprint density at radius 2 is 1.33 bits per heavy atom. The van der Waals surface area contributed by atoms with Gasteiger partial charge in [-0.3, -0.25) is 0 Å². The second kappa shape index (κ2) is 7.64. The van der Waals surface area contributed by atoms with Crippen LogP contribution in [-0.4, -0.2) is 18.1 Å². The van der Waals surface area contributed by atoms with Gasteiger partial charge in [0.2, 0.25) is 4.70 Å². The zero-order valence-electron chi connectivity index (χ0n) is 8.98. The summed E-state index contributed by atoms with van der Waals surface area (Å²) < 4.78 is -2.78. The van der Waals surface area contributed by atoms with Gasteiger partial charge in [0.25, 0.3) is 0 Å². The fourth-order valence-electron chi connectivity index (χ4n) is 1.29. The van der Waals surface area contributed by atoms with Gasteiger partial charge in [-0.25, -0.2) is 0 Å². The molecule has 0 spiro atoms. The van der Waals surface area contributed by atoms with E-state index in [9.17, 15) is 10.2 Å². The smallest absolute Gasteiger partial charge is 0.247 e. The van der Waals surface area contributed by atoms with Crippen molar-refractivity contribution in [1.82, 2.24) is 0 Å². The molecule has 2 nitrogen and oxygen atoms in total. The highest BCUT2D eigenvalue weighted by atomic mass is 79.9. The second-order valence-electron chi connectivity index (χ2n) is 3.81. The topological polar surface area (TPSA) is 40.5 Å². The van der Waals surface area contributed by atoms with Crippen LogP contribution < -0.4 is 0 Å². The molecule has 0 saturated heterocycles. The Kier molecular flexibility index (Phi) is 8.33. The number of halogens is 3. The molecule has 0 heterocycles. The number of aliphatic hydroxyl groups is 2. The van der Waals surface area contributed by atoms with E-state index in [-0.39, 0.29) is 0 Å². The normalized spacial score (nSPS) is 13.2. The van der Waals surface area contributed by atoms with Crippen molar-refractivity contribution in [2.24, 2.45) is 0 Å². The summed E-state index contributed by atoms with van der Waals surface area (Å²) in [4.78, 5) is 0. The molecule has 0 bridgehead atoms. The molecule has 0 aromatic heterocycles. The first kappa shape index (κ1) is 16.4. The van der Waals surface area contributed by atoms with E-state index in [0.29, 0.717) is 6.42 Å². The molecule has 0 rings (SSSR count). The Morgan fingerprint density at radius 1 is 0.867 bits per heavy atom. The van der Waals surface area contributed by atoms with E-state index in [2.05, 4.69) is 54.7 Å². The molecule has 2 N–H and O–H groups in total. The number of hydrogen-bond acceptors (Lipinski definition) is 2. The van der Waals surface area contributed by atoms with Gasteiger partial charge in [0.05, 0.1) is 0 Å². The lowest BCUT2D eigenvalue weighted by Gasteiger charge is -2.29. The maximum Gasteiger partial charge on any atom is 0.247 e. The van der Waals surface area contributed by atoms with Gasteiger partial charge in [0, 0.05) is 0 Å². The maximum absolute atomic E-state index is 9.36. The highest BCUT2D eigenvalue weighted by Crippen LogP contribution is 2.44. The van der Waals surface area contributed by atoms with Gasteiger partial charge in [0.1, 0.15) is 3.23 Å². The van der Waals surface area contributed by atoms with E-state index in [0.717, 1.165) is 12.8 Å². The van der Waals surface area contributed by atoms with E-state index in [4.69, 9.17) is 0 Å². The Bertz CT molecular complexity index is 167. The third-order valence-corrected chi connectivity index (χ3v) is 5.95. The average molecular weight is 411 g/mol. The molecule has 0 aromatic carbocycles. The summed E-state index contributed by atoms with van der Waals surface area (Å²) in [6, 6.07) is 0. The molecule has 0 aliphatic rings. The Morgan fingerprint density at radius 3 is 1.80 bits per heavy atom. The van der Waals surface area contributed by atoms with Gasteiger partial charge >= 0.3 is 0 Å². The average Bonchev–Trinajstić information content (AvgIpc) is 2.09. The molecule has 0 aliphatic heterocycles. The van der Waals surface area contributed by atoms with E-state index < -0.39 is 7.93 Å². The maximum atomic E-state index is 9.36. The first-order chi connectivity index (χ1) is 6.81. The van der Waals surface area contributed by atoms with E-state index in [1.165, 1.54) is 25.7 Å². The van der Waals surface area contributed by atoms with Crippen molar-refractivity contribution in [2.45, 2.75) is 59.8 Å². The first-order valence-electron chi connectivity index (χ1n) is 5.32. The van der Waals surface area contributed by atoms with Crippen LogP contribution >= 0.6 is 47.8 Å². The quantitative estimate of drug-likeness (QED) is 0.356. The Hall–Kier alpha value is 1.36. The summed E-state index contributed by atoms with van der Waals surface area (Å²) in [6.45, 7) is 2.19. The summed E-state index contributed by atoms with van der Waals surface area (Å²) in [5, 5.41) is 18.7. The van der Waals surface area contributed by atoms with E-state index >= 15 is 0 Å². The predicted molar refractivity (Wildman–Crippen MR) is 74.7 cm³/mol. The molecule has 0 saturated carbocycles. The van der Waals surface area contributed by atoms with Gasteiger partial charge in [-0.05, 0) is 22.4 Å². The van der Waals surface area contributed by atoms with Crippen LogP contribution in [0.5, 0.6) is 0 Å². The number of unbranched alkanes of at least 4 members (excludes halogenated alkanes) is 5.